The van der Waals surface area contributed by atoms with Gasteiger partial charge < -0.3 is 15.4 Å². The van der Waals surface area contributed by atoms with Gasteiger partial charge in [0.05, 0.1) is 17.6 Å². The molecule has 2 heterocycles. The molecule has 1 fully saturated rings. The molecule has 8 nitrogen and oxygen atoms in total. The van der Waals surface area contributed by atoms with Crippen molar-refractivity contribution in [2.24, 2.45) is 5.92 Å². The van der Waals surface area contributed by atoms with E-state index in [0.717, 1.165) is 23.2 Å². The lowest BCUT2D eigenvalue weighted by Gasteiger charge is -2.33. The highest BCUT2D eigenvalue weighted by Crippen LogP contribution is 2.28. The number of nitrogens with zero attached hydrogens (tertiary/aromatic N) is 3. The fourth-order valence-corrected chi connectivity index (χ4v) is 4.71. The average molecular weight is 494 g/mol. The first kappa shape index (κ1) is 24.3. The van der Waals surface area contributed by atoms with Gasteiger partial charge in [-0.2, -0.15) is 5.26 Å². The zero-order chi connectivity index (χ0) is 25.8. The van der Waals surface area contributed by atoms with Gasteiger partial charge in [0.25, 0.3) is 5.91 Å². The molecule has 0 aromatic heterocycles. The van der Waals surface area contributed by atoms with E-state index in [1.54, 1.807) is 46.6 Å². The third-order valence-corrected chi connectivity index (χ3v) is 6.68. The van der Waals surface area contributed by atoms with Gasteiger partial charge in [-0.1, -0.05) is 42.5 Å². The molecule has 3 N–H and O–H groups in total. The summed E-state index contributed by atoms with van der Waals surface area (Å²) in [6.07, 6.45) is 4.89. The van der Waals surface area contributed by atoms with E-state index in [0.29, 0.717) is 24.2 Å². The fourth-order valence-electron chi connectivity index (χ4n) is 4.71. The molecule has 1 saturated heterocycles. The molecule has 8 heteroatoms. The normalized spacial score (nSPS) is 18.4. The van der Waals surface area contributed by atoms with E-state index in [1.807, 2.05) is 36.4 Å². The van der Waals surface area contributed by atoms with Crippen LogP contribution in [0.2, 0.25) is 0 Å². The topological polar surface area (TPSA) is 109 Å². The Kier molecular flexibility index (Phi) is 6.99. The molecule has 0 bridgehead atoms. The average Bonchev–Trinajstić information content (AvgIpc) is 3.36. The van der Waals surface area contributed by atoms with Crippen molar-refractivity contribution in [3.05, 3.63) is 107 Å². The Morgan fingerprint density at radius 2 is 1.73 bits per heavy atom. The molecule has 2 aliphatic heterocycles. The number of nitriles is 1. The first-order valence-corrected chi connectivity index (χ1v) is 12.2. The SMILES string of the molecule is N#Cc1cccc(NC(=O)C2CNN3C=CN(c4ccc(Cc5ccc(CCO)cc5)cc4)C(=O)C23)c1. The van der Waals surface area contributed by atoms with Gasteiger partial charge in [-0.15, -0.1) is 0 Å². The molecule has 0 radical (unpaired) electrons. The van der Waals surface area contributed by atoms with Crippen molar-refractivity contribution in [2.75, 3.05) is 23.4 Å². The Labute approximate surface area is 215 Å². The first-order chi connectivity index (χ1) is 18.1. The highest BCUT2D eigenvalue weighted by molar-refractivity contribution is 6.05. The number of fused-ring (bicyclic) bond motifs is 1. The lowest BCUT2D eigenvalue weighted by Crippen LogP contribution is -2.51. The van der Waals surface area contributed by atoms with Crippen LogP contribution in [0.3, 0.4) is 0 Å². The van der Waals surface area contributed by atoms with Crippen LogP contribution in [0.25, 0.3) is 0 Å². The maximum Gasteiger partial charge on any atom is 0.256 e. The summed E-state index contributed by atoms with van der Waals surface area (Å²) in [6.45, 7) is 0.467. The molecular formula is C29H27N5O3. The van der Waals surface area contributed by atoms with Crippen LogP contribution in [0.1, 0.15) is 22.3 Å². The number of rotatable bonds is 7. The van der Waals surface area contributed by atoms with Crippen LogP contribution in [-0.2, 0) is 22.4 Å². The van der Waals surface area contributed by atoms with E-state index in [4.69, 9.17) is 10.4 Å². The second kappa shape index (κ2) is 10.7. The zero-order valence-electron chi connectivity index (χ0n) is 20.2. The molecule has 186 valence electrons. The van der Waals surface area contributed by atoms with Gasteiger partial charge in [0.2, 0.25) is 5.91 Å². The van der Waals surface area contributed by atoms with Crippen LogP contribution >= 0.6 is 0 Å². The number of amides is 2. The van der Waals surface area contributed by atoms with Gasteiger partial charge in [0.1, 0.15) is 6.04 Å². The minimum atomic E-state index is -0.679. The Morgan fingerprint density at radius 3 is 2.43 bits per heavy atom. The summed E-state index contributed by atoms with van der Waals surface area (Å²) in [5.74, 6) is -1.07. The number of aliphatic hydroxyl groups is 1. The molecule has 0 spiro atoms. The summed E-state index contributed by atoms with van der Waals surface area (Å²) in [4.78, 5) is 28.1. The number of carbonyl (C=O) groups is 2. The maximum atomic E-state index is 13.5. The number of aliphatic hydroxyl groups excluding tert-OH is 1. The van der Waals surface area contributed by atoms with Gasteiger partial charge in [0, 0.05) is 36.9 Å². The number of nitrogens with one attached hydrogen (secondary N) is 2. The number of anilines is 2. The van der Waals surface area contributed by atoms with Crippen molar-refractivity contribution in [1.82, 2.24) is 10.4 Å². The van der Waals surface area contributed by atoms with Gasteiger partial charge >= 0.3 is 0 Å². The smallest absolute Gasteiger partial charge is 0.256 e. The predicted molar refractivity (Wildman–Crippen MR) is 140 cm³/mol. The summed E-state index contributed by atoms with van der Waals surface area (Å²) in [5.41, 5.74) is 8.23. The molecule has 3 aromatic carbocycles. The monoisotopic (exact) mass is 493 g/mol. The molecular weight excluding hydrogens is 466 g/mol. The molecule has 2 atom stereocenters. The van der Waals surface area contributed by atoms with E-state index in [9.17, 15) is 9.59 Å². The van der Waals surface area contributed by atoms with Crippen LogP contribution in [0.4, 0.5) is 11.4 Å². The molecule has 0 aliphatic carbocycles. The van der Waals surface area contributed by atoms with E-state index in [2.05, 4.69) is 28.9 Å². The molecule has 5 rings (SSSR count). The van der Waals surface area contributed by atoms with Crippen molar-refractivity contribution in [2.45, 2.75) is 18.9 Å². The van der Waals surface area contributed by atoms with Gasteiger partial charge in [-0.05, 0) is 59.9 Å². The summed E-state index contributed by atoms with van der Waals surface area (Å²) < 4.78 is 0. The third kappa shape index (κ3) is 5.23. The highest BCUT2D eigenvalue weighted by atomic mass is 16.3. The molecule has 0 saturated carbocycles. The maximum absolute atomic E-state index is 13.5. The highest BCUT2D eigenvalue weighted by Gasteiger charge is 2.46. The van der Waals surface area contributed by atoms with E-state index in [-0.39, 0.29) is 18.4 Å². The van der Waals surface area contributed by atoms with Crippen LogP contribution in [0.15, 0.2) is 85.2 Å². The lowest BCUT2D eigenvalue weighted by molar-refractivity contribution is -0.128. The summed E-state index contributed by atoms with van der Waals surface area (Å²) in [5, 5.41) is 22.7. The standard InChI is InChI=1S/C29H27N5O3/c30-18-23-2-1-3-24(17-23)32-28(36)26-19-31-34-14-13-33(29(37)27(26)34)25-10-8-22(9-11-25)16-21-6-4-20(5-7-21)12-15-35/h1-11,13-14,17,26-27,31,35H,12,15-16,19H2,(H,32,36). The zero-order valence-corrected chi connectivity index (χ0v) is 20.2. The number of hydrazine groups is 1. The van der Waals surface area contributed by atoms with E-state index >= 15 is 0 Å². The number of benzene rings is 3. The Hall–Kier alpha value is -4.45. The molecule has 2 aliphatic rings. The van der Waals surface area contributed by atoms with Gasteiger partial charge in [0.15, 0.2) is 0 Å². The first-order valence-electron chi connectivity index (χ1n) is 12.2. The Bertz CT molecular complexity index is 1360. The van der Waals surface area contributed by atoms with Crippen molar-refractivity contribution < 1.29 is 14.7 Å². The van der Waals surface area contributed by atoms with Crippen LogP contribution in [-0.4, -0.2) is 41.1 Å². The summed E-state index contributed by atoms with van der Waals surface area (Å²) in [6, 6.07) is 24.1. The quantitative estimate of drug-likeness (QED) is 0.467. The second-order valence-corrected chi connectivity index (χ2v) is 9.14. The van der Waals surface area contributed by atoms with Crippen LogP contribution in [0, 0.1) is 17.2 Å². The minimum absolute atomic E-state index is 0.140. The molecule has 2 amide bonds. The van der Waals surface area contributed by atoms with E-state index in [1.165, 1.54) is 5.56 Å². The lowest BCUT2D eigenvalue weighted by atomic mass is 9.97. The minimum Gasteiger partial charge on any atom is -0.396 e. The van der Waals surface area contributed by atoms with Crippen LogP contribution < -0.4 is 15.6 Å². The largest absolute Gasteiger partial charge is 0.396 e. The van der Waals surface area contributed by atoms with Crippen molar-refractivity contribution in [3.8, 4) is 6.07 Å². The Morgan fingerprint density at radius 1 is 1.03 bits per heavy atom. The Balaban J connectivity index is 1.27. The van der Waals surface area contributed by atoms with Crippen LogP contribution in [0.5, 0.6) is 0 Å². The number of hydrogen-bond donors (Lipinski definition) is 3. The van der Waals surface area contributed by atoms with Crippen molar-refractivity contribution in [1.29, 1.82) is 5.26 Å². The van der Waals surface area contributed by atoms with Crippen molar-refractivity contribution in [3.63, 3.8) is 0 Å². The van der Waals surface area contributed by atoms with Gasteiger partial charge in [-0.25, -0.2) is 5.43 Å². The predicted octanol–water partition coefficient (Wildman–Crippen LogP) is 2.95. The fraction of sp³-hybridized carbons (Fsp3) is 0.207. The molecule has 37 heavy (non-hydrogen) atoms. The summed E-state index contributed by atoms with van der Waals surface area (Å²) >= 11 is 0. The van der Waals surface area contributed by atoms with Crippen molar-refractivity contribution >= 4 is 23.2 Å². The van der Waals surface area contributed by atoms with Gasteiger partial charge in [-0.3, -0.25) is 14.5 Å². The molecule has 3 aromatic rings. The second-order valence-electron chi connectivity index (χ2n) is 9.14. The summed E-state index contributed by atoms with van der Waals surface area (Å²) in [7, 11) is 0. The van der Waals surface area contributed by atoms with E-state index < -0.39 is 12.0 Å². The number of carbonyl (C=O) groups excluding carboxylic acids is 2. The number of hydrogen-bond acceptors (Lipinski definition) is 6. The third-order valence-electron chi connectivity index (χ3n) is 6.68. The molecule has 2 unspecified atom stereocenters.